The fourth-order valence-corrected chi connectivity index (χ4v) is 1.76. The molecule has 0 saturated heterocycles. The van der Waals surface area contributed by atoms with E-state index < -0.39 is 13.4 Å². The average molecular weight is 248 g/mol. The first-order valence-corrected chi connectivity index (χ1v) is 5.42. The zero-order chi connectivity index (χ0) is 13.4. The van der Waals surface area contributed by atoms with Gasteiger partial charge in [-0.05, 0) is 13.8 Å². The Balaban J connectivity index is 2.86. The van der Waals surface area contributed by atoms with Gasteiger partial charge in [-0.2, -0.15) is 0 Å². The van der Waals surface area contributed by atoms with Gasteiger partial charge in [-0.25, -0.2) is 9.97 Å². The Morgan fingerprint density at radius 1 is 1.00 bits per heavy atom. The van der Waals surface area contributed by atoms with E-state index in [4.69, 9.17) is 0 Å². The SMILES string of the molecule is Cc1nc2c(B(O)O)ccc(C(O)O)c2nc1C. The molecule has 2 aromatic rings. The van der Waals surface area contributed by atoms with Crippen molar-refractivity contribution in [2.24, 2.45) is 0 Å². The summed E-state index contributed by atoms with van der Waals surface area (Å²) in [7, 11) is -1.69. The number of benzene rings is 1. The first kappa shape index (κ1) is 12.9. The Labute approximate surface area is 104 Å². The van der Waals surface area contributed by atoms with Crippen molar-refractivity contribution in [1.29, 1.82) is 0 Å². The van der Waals surface area contributed by atoms with Crippen molar-refractivity contribution in [2.75, 3.05) is 0 Å². The van der Waals surface area contributed by atoms with Crippen LogP contribution in [-0.4, -0.2) is 37.3 Å². The summed E-state index contributed by atoms with van der Waals surface area (Å²) in [5, 5.41) is 37.1. The van der Waals surface area contributed by atoms with Crippen molar-refractivity contribution in [1.82, 2.24) is 9.97 Å². The van der Waals surface area contributed by atoms with Gasteiger partial charge in [-0.15, -0.1) is 0 Å². The van der Waals surface area contributed by atoms with E-state index in [0.29, 0.717) is 11.4 Å². The molecule has 7 heteroatoms. The van der Waals surface area contributed by atoms with Crippen LogP contribution in [-0.2, 0) is 0 Å². The minimum atomic E-state index is -1.69. The predicted molar refractivity (Wildman–Crippen MR) is 66.0 cm³/mol. The lowest BCUT2D eigenvalue weighted by atomic mass is 9.78. The number of aliphatic hydroxyl groups excluding tert-OH is 1. The van der Waals surface area contributed by atoms with Gasteiger partial charge in [-0.1, -0.05) is 12.1 Å². The topological polar surface area (TPSA) is 107 Å². The molecule has 0 atom stereocenters. The smallest absolute Gasteiger partial charge is 0.423 e. The third kappa shape index (κ3) is 2.09. The normalized spacial score (nSPS) is 11.3. The molecule has 0 saturated carbocycles. The number of nitrogens with zero attached hydrogens (tertiary/aromatic N) is 2. The van der Waals surface area contributed by atoms with E-state index in [1.165, 1.54) is 12.1 Å². The number of fused-ring (bicyclic) bond motifs is 1. The number of hydrogen-bond acceptors (Lipinski definition) is 6. The number of rotatable bonds is 2. The zero-order valence-electron chi connectivity index (χ0n) is 9.99. The molecular weight excluding hydrogens is 235 g/mol. The molecule has 0 aliphatic carbocycles. The summed E-state index contributed by atoms with van der Waals surface area (Å²) in [6.07, 6.45) is -1.69. The third-order valence-corrected chi connectivity index (χ3v) is 2.85. The van der Waals surface area contributed by atoms with E-state index in [2.05, 4.69) is 9.97 Å². The molecule has 0 unspecified atom stereocenters. The lowest BCUT2D eigenvalue weighted by molar-refractivity contribution is -0.0414. The molecule has 18 heavy (non-hydrogen) atoms. The summed E-state index contributed by atoms with van der Waals surface area (Å²) in [5.74, 6) is 0. The molecule has 0 fully saturated rings. The second-order valence-electron chi connectivity index (χ2n) is 4.08. The molecule has 4 N–H and O–H groups in total. The highest BCUT2D eigenvalue weighted by atomic mass is 16.5. The van der Waals surface area contributed by atoms with Crippen LogP contribution in [0.4, 0.5) is 0 Å². The molecule has 0 radical (unpaired) electrons. The van der Waals surface area contributed by atoms with E-state index in [1.54, 1.807) is 13.8 Å². The van der Waals surface area contributed by atoms with E-state index in [9.17, 15) is 20.3 Å². The van der Waals surface area contributed by atoms with Gasteiger partial charge in [0, 0.05) is 11.0 Å². The van der Waals surface area contributed by atoms with Crippen molar-refractivity contribution in [2.45, 2.75) is 20.1 Å². The minimum Gasteiger partial charge on any atom is -0.423 e. The first-order chi connectivity index (χ1) is 8.41. The molecule has 0 amide bonds. The number of aliphatic hydroxyl groups is 2. The predicted octanol–water partition coefficient (Wildman–Crippen LogP) is -1.09. The maximum absolute atomic E-state index is 9.27. The lowest BCUT2D eigenvalue weighted by Gasteiger charge is -2.12. The minimum absolute atomic E-state index is 0.185. The highest BCUT2D eigenvalue weighted by Gasteiger charge is 2.20. The molecular formula is C11H13BN2O4. The zero-order valence-corrected chi connectivity index (χ0v) is 9.99. The van der Waals surface area contributed by atoms with Gasteiger partial charge in [0.05, 0.1) is 22.4 Å². The van der Waals surface area contributed by atoms with Gasteiger partial charge >= 0.3 is 7.12 Å². The fraction of sp³-hybridized carbons (Fsp3) is 0.273. The highest BCUT2D eigenvalue weighted by molar-refractivity contribution is 6.61. The van der Waals surface area contributed by atoms with E-state index >= 15 is 0 Å². The van der Waals surface area contributed by atoms with Gasteiger partial charge in [0.2, 0.25) is 0 Å². The summed E-state index contributed by atoms with van der Waals surface area (Å²) in [6.45, 7) is 3.49. The van der Waals surface area contributed by atoms with Crippen LogP contribution in [0.25, 0.3) is 11.0 Å². The Kier molecular flexibility index (Phi) is 3.31. The van der Waals surface area contributed by atoms with Crippen LogP contribution in [0.1, 0.15) is 23.2 Å². The van der Waals surface area contributed by atoms with Crippen LogP contribution >= 0.6 is 0 Å². The van der Waals surface area contributed by atoms with E-state index in [-0.39, 0.29) is 22.1 Å². The van der Waals surface area contributed by atoms with Crippen molar-refractivity contribution < 1.29 is 20.3 Å². The average Bonchev–Trinajstić information content (AvgIpc) is 2.28. The molecule has 1 heterocycles. The van der Waals surface area contributed by atoms with Crippen LogP contribution in [0, 0.1) is 13.8 Å². The van der Waals surface area contributed by atoms with Gasteiger partial charge in [-0.3, -0.25) is 0 Å². The molecule has 2 rings (SSSR count). The van der Waals surface area contributed by atoms with Crippen LogP contribution in [0.3, 0.4) is 0 Å². The van der Waals surface area contributed by atoms with Crippen LogP contribution in [0.2, 0.25) is 0 Å². The molecule has 6 nitrogen and oxygen atoms in total. The number of aromatic nitrogens is 2. The van der Waals surface area contributed by atoms with Crippen LogP contribution in [0.5, 0.6) is 0 Å². The largest absolute Gasteiger partial charge is 0.490 e. The molecule has 0 bridgehead atoms. The third-order valence-electron chi connectivity index (χ3n) is 2.85. The summed E-state index contributed by atoms with van der Waals surface area (Å²) in [6, 6.07) is 2.79. The summed E-state index contributed by atoms with van der Waals surface area (Å²) in [4.78, 5) is 8.47. The molecule has 94 valence electrons. The molecule has 0 aliphatic heterocycles. The van der Waals surface area contributed by atoms with Crippen molar-refractivity contribution in [3.05, 3.63) is 29.1 Å². The number of aryl methyl sites for hydroxylation is 2. The van der Waals surface area contributed by atoms with E-state index in [0.717, 1.165) is 0 Å². The Hall–Kier alpha value is -1.54. The molecule has 1 aromatic heterocycles. The lowest BCUT2D eigenvalue weighted by Crippen LogP contribution is -2.31. The quantitative estimate of drug-likeness (QED) is 0.397. The Morgan fingerprint density at radius 2 is 1.56 bits per heavy atom. The van der Waals surface area contributed by atoms with Crippen LogP contribution < -0.4 is 5.46 Å². The summed E-state index contributed by atoms with van der Waals surface area (Å²) >= 11 is 0. The fourth-order valence-electron chi connectivity index (χ4n) is 1.76. The van der Waals surface area contributed by atoms with Crippen LogP contribution in [0.15, 0.2) is 12.1 Å². The Morgan fingerprint density at radius 3 is 2.06 bits per heavy atom. The maximum atomic E-state index is 9.27. The first-order valence-electron chi connectivity index (χ1n) is 5.42. The summed E-state index contributed by atoms with van der Waals surface area (Å²) in [5.41, 5.74) is 2.19. The Bertz CT molecular complexity index is 549. The van der Waals surface area contributed by atoms with Gasteiger partial charge in [0.25, 0.3) is 0 Å². The van der Waals surface area contributed by atoms with Gasteiger partial charge in [0.1, 0.15) is 0 Å². The maximum Gasteiger partial charge on any atom is 0.490 e. The second kappa shape index (κ2) is 4.62. The molecule has 1 aromatic carbocycles. The monoisotopic (exact) mass is 248 g/mol. The standard InChI is InChI=1S/C11H13BN2O4/c1-5-6(2)14-10-8(12(17)18)4-3-7(11(15)16)9(10)13-5/h3-4,11,15-18H,1-2H3. The highest BCUT2D eigenvalue weighted by Crippen LogP contribution is 2.20. The van der Waals surface area contributed by atoms with Gasteiger partial charge in [0.15, 0.2) is 6.29 Å². The van der Waals surface area contributed by atoms with Crippen molar-refractivity contribution in [3.8, 4) is 0 Å². The number of hydrogen-bond donors (Lipinski definition) is 4. The van der Waals surface area contributed by atoms with Crippen molar-refractivity contribution in [3.63, 3.8) is 0 Å². The second-order valence-corrected chi connectivity index (χ2v) is 4.08. The molecule has 0 spiro atoms. The van der Waals surface area contributed by atoms with Gasteiger partial charge < -0.3 is 20.3 Å². The van der Waals surface area contributed by atoms with Crippen molar-refractivity contribution >= 4 is 23.6 Å². The van der Waals surface area contributed by atoms with E-state index in [1.807, 2.05) is 0 Å². The molecule has 0 aliphatic rings. The summed E-state index contributed by atoms with van der Waals surface area (Å²) < 4.78 is 0.